The number of aromatic nitrogens is 2. The highest BCUT2D eigenvalue weighted by atomic mass is 79.9. The smallest absolute Gasteiger partial charge is 0.221 e. The number of fused-ring (bicyclic) bond motifs is 1. The topological polar surface area (TPSA) is 87.0 Å². The summed E-state index contributed by atoms with van der Waals surface area (Å²) in [6.07, 6.45) is 4.51. The lowest BCUT2D eigenvalue weighted by Gasteiger charge is -2.21. The SMILES string of the molecule is CC(=O)Nc1c[nH]c2ncc(Br)c(N3CCC(N)C3)c12.Cl. The number of pyridine rings is 1. The summed E-state index contributed by atoms with van der Waals surface area (Å²) in [7, 11) is 0. The van der Waals surface area contributed by atoms with Crippen molar-refractivity contribution >= 4 is 56.7 Å². The lowest BCUT2D eigenvalue weighted by molar-refractivity contribution is -0.114. The van der Waals surface area contributed by atoms with E-state index in [2.05, 4.69) is 36.1 Å². The molecule has 0 bridgehead atoms. The molecule has 0 aromatic carbocycles. The fourth-order valence-electron chi connectivity index (χ4n) is 2.64. The first-order valence-corrected chi connectivity index (χ1v) is 7.29. The first kappa shape index (κ1) is 16.1. The Balaban J connectivity index is 0.00000161. The molecule has 1 aliphatic rings. The molecule has 1 fully saturated rings. The molecule has 3 rings (SSSR count). The molecule has 21 heavy (non-hydrogen) atoms. The molecule has 0 radical (unpaired) electrons. The molecule has 1 unspecified atom stereocenters. The highest BCUT2D eigenvalue weighted by Crippen LogP contribution is 2.38. The monoisotopic (exact) mass is 373 g/mol. The molecule has 6 nitrogen and oxygen atoms in total. The van der Waals surface area contributed by atoms with Crippen molar-refractivity contribution in [3.8, 4) is 0 Å². The van der Waals surface area contributed by atoms with Gasteiger partial charge in [-0.25, -0.2) is 4.98 Å². The Morgan fingerprint density at radius 3 is 3.00 bits per heavy atom. The lowest BCUT2D eigenvalue weighted by atomic mass is 10.2. The van der Waals surface area contributed by atoms with Gasteiger partial charge in [0.2, 0.25) is 5.91 Å². The maximum Gasteiger partial charge on any atom is 0.221 e. The van der Waals surface area contributed by atoms with E-state index in [9.17, 15) is 4.79 Å². The van der Waals surface area contributed by atoms with Crippen molar-refractivity contribution in [2.45, 2.75) is 19.4 Å². The molecule has 1 aliphatic heterocycles. The standard InChI is InChI=1S/C13H16BrN5O.ClH/c1-7(20)18-10-5-17-13-11(10)12(9(14)4-16-13)19-3-2-8(15)6-19;/h4-5,8H,2-3,6,15H2,1H3,(H,16,17)(H,18,20);1H. The van der Waals surface area contributed by atoms with Gasteiger partial charge in [0.05, 0.1) is 21.2 Å². The number of rotatable bonds is 2. The van der Waals surface area contributed by atoms with Crippen LogP contribution in [-0.4, -0.2) is 35.0 Å². The van der Waals surface area contributed by atoms with Crippen LogP contribution in [0.2, 0.25) is 0 Å². The van der Waals surface area contributed by atoms with Crippen LogP contribution in [0.4, 0.5) is 11.4 Å². The Labute approximate surface area is 137 Å². The van der Waals surface area contributed by atoms with E-state index in [-0.39, 0.29) is 24.4 Å². The number of nitrogens with zero attached hydrogens (tertiary/aromatic N) is 2. The van der Waals surface area contributed by atoms with Gasteiger partial charge in [-0.05, 0) is 22.4 Å². The number of nitrogens with one attached hydrogen (secondary N) is 2. The highest BCUT2D eigenvalue weighted by molar-refractivity contribution is 9.10. The summed E-state index contributed by atoms with van der Waals surface area (Å²) in [5.41, 5.74) is 8.54. The molecule has 3 heterocycles. The first-order valence-electron chi connectivity index (χ1n) is 6.50. The number of halogens is 2. The van der Waals surface area contributed by atoms with E-state index in [1.54, 1.807) is 12.4 Å². The fourth-order valence-corrected chi connectivity index (χ4v) is 3.19. The van der Waals surface area contributed by atoms with Crippen LogP contribution in [0, 0.1) is 0 Å². The van der Waals surface area contributed by atoms with Crippen LogP contribution >= 0.6 is 28.3 Å². The van der Waals surface area contributed by atoms with Gasteiger partial charge in [0.25, 0.3) is 0 Å². The van der Waals surface area contributed by atoms with Gasteiger partial charge in [-0.3, -0.25) is 4.79 Å². The Morgan fingerprint density at radius 2 is 2.38 bits per heavy atom. The number of hydrogen-bond acceptors (Lipinski definition) is 4. The van der Waals surface area contributed by atoms with Crippen LogP contribution < -0.4 is 16.0 Å². The second-order valence-corrected chi connectivity index (χ2v) is 5.91. The van der Waals surface area contributed by atoms with Crippen LogP contribution in [0.1, 0.15) is 13.3 Å². The molecule has 1 atom stereocenters. The largest absolute Gasteiger partial charge is 0.368 e. The summed E-state index contributed by atoms with van der Waals surface area (Å²) < 4.78 is 0.908. The van der Waals surface area contributed by atoms with Crippen molar-refractivity contribution in [3.05, 3.63) is 16.9 Å². The second-order valence-electron chi connectivity index (χ2n) is 5.06. The highest BCUT2D eigenvalue weighted by Gasteiger charge is 2.25. The number of carbonyl (C=O) groups excluding carboxylic acids is 1. The van der Waals surface area contributed by atoms with E-state index in [0.717, 1.165) is 46.4 Å². The molecule has 114 valence electrons. The van der Waals surface area contributed by atoms with Gasteiger partial charge in [-0.2, -0.15) is 0 Å². The maximum absolute atomic E-state index is 11.3. The van der Waals surface area contributed by atoms with Crippen LogP contribution in [0.15, 0.2) is 16.9 Å². The summed E-state index contributed by atoms with van der Waals surface area (Å²) in [5, 5.41) is 3.76. The molecule has 2 aromatic rings. The third-order valence-electron chi connectivity index (χ3n) is 3.48. The number of hydrogen-bond donors (Lipinski definition) is 3. The van der Waals surface area contributed by atoms with Gasteiger partial charge in [0.1, 0.15) is 5.65 Å². The number of H-pyrrole nitrogens is 1. The van der Waals surface area contributed by atoms with Crippen molar-refractivity contribution in [2.75, 3.05) is 23.3 Å². The molecule has 1 saturated heterocycles. The van der Waals surface area contributed by atoms with E-state index in [1.807, 2.05) is 0 Å². The number of amides is 1. The van der Waals surface area contributed by atoms with Crippen LogP contribution in [0.3, 0.4) is 0 Å². The summed E-state index contributed by atoms with van der Waals surface area (Å²) in [6.45, 7) is 3.21. The molecule has 0 spiro atoms. The van der Waals surface area contributed by atoms with Gasteiger partial charge in [-0.15, -0.1) is 12.4 Å². The average Bonchev–Trinajstić information content (AvgIpc) is 2.96. The Kier molecular flexibility index (Phi) is 4.75. The number of aromatic amines is 1. The number of nitrogens with two attached hydrogens (primary N) is 1. The molecule has 0 saturated carbocycles. The molecule has 4 N–H and O–H groups in total. The van der Waals surface area contributed by atoms with Crippen molar-refractivity contribution in [2.24, 2.45) is 5.73 Å². The quantitative estimate of drug-likeness (QED) is 0.752. The minimum atomic E-state index is -0.102. The zero-order valence-corrected chi connectivity index (χ0v) is 13.9. The zero-order valence-electron chi connectivity index (χ0n) is 11.5. The minimum absolute atomic E-state index is 0. The van der Waals surface area contributed by atoms with Gasteiger partial charge < -0.3 is 20.9 Å². The first-order chi connectivity index (χ1) is 9.56. The lowest BCUT2D eigenvalue weighted by Crippen LogP contribution is -2.26. The summed E-state index contributed by atoms with van der Waals surface area (Å²) in [6, 6.07) is 0.188. The molecule has 8 heteroatoms. The van der Waals surface area contributed by atoms with Gasteiger partial charge in [-0.1, -0.05) is 0 Å². The predicted molar refractivity (Wildman–Crippen MR) is 90.2 cm³/mol. The number of anilines is 2. The molecular formula is C13H17BrClN5O. The van der Waals surface area contributed by atoms with Gasteiger partial charge in [0, 0.05) is 38.4 Å². The Bertz CT molecular complexity index is 674. The molecule has 1 amide bonds. The normalized spacial score (nSPS) is 17.9. The fraction of sp³-hybridized carbons (Fsp3) is 0.385. The third-order valence-corrected chi connectivity index (χ3v) is 4.06. The van der Waals surface area contributed by atoms with Crippen molar-refractivity contribution < 1.29 is 4.79 Å². The Hall–Kier alpha value is -1.31. The maximum atomic E-state index is 11.3. The third kappa shape index (κ3) is 3.00. The van der Waals surface area contributed by atoms with E-state index < -0.39 is 0 Å². The minimum Gasteiger partial charge on any atom is -0.368 e. The molecular weight excluding hydrogens is 358 g/mol. The summed E-state index contributed by atoms with van der Waals surface area (Å²) in [5.74, 6) is -0.102. The second kappa shape index (κ2) is 6.21. The van der Waals surface area contributed by atoms with E-state index in [0.29, 0.717) is 0 Å². The zero-order chi connectivity index (χ0) is 14.3. The van der Waals surface area contributed by atoms with Crippen molar-refractivity contribution in [1.29, 1.82) is 0 Å². The van der Waals surface area contributed by atoms with E-state index >= 15 is 0 Å². The van der Waals surface area contributed by atoms with Crippen LogP contribution in [0.25, 0.3) is 11.0 Å². The van der Waals surface area contributed by atoms with Gasteiger partial charge in [0.15, 0.2) is 0 Å². The average molecular weight is 375 g/mol. The number of carbonyl (C=O) groups is 1. The van der Waals surface area contributed by atoms with Crippen LogP contribution in [-0.2, 0) is 4.79 Å². The molecule has 0 aliphatic carbocycles. The Morgan fingerprint density at radius 1 is 1.62 bits per heavy atom. The van der Waals surface area contributed by atoms with Crippen molar-refractivity contribution in [1.82, 2.24) is 9.97 Å². The van der Waals surface area contributed by atoms with Gasteiger partial charge >= 0.3 is 0 Å². The predicted octanol–water partition coefficient (Wildman–Crippen LogP) is 2.24. The summed E-state index contributed by atoms with van der Waals surface area (Å²) in [4.78, 5) is 21.0. The molecule has 2 aromatic heterocycles. The summed E-state index contributed by atoms with van der Waals surface area (Å²) >= 11 is 3.56. The van der Waals surface area contributed by atoms with Crippen molar-refractivity contribution in [3.63, 3.8) is 0 Å². The van der Waals surface area contributed by atoms with E-state index in [4.69, 9.17) is 5.73 Å². The van der Waals surface area contributed by atoms with E-state index in [1.165, 1.54) is 6.92 Å². The van der Waals surface area contributed by atoms with Crippen LogP contribution in [0.5, 0.6) is 0 Å².